The van der Waals surface area contributed by atoms with Gasteiger partial charge in [-0.3, -0.25) is 19.7 Å². The van der Waals surface area contributed by atoms with Gasteiger partial charge in [-0.15, -0.1) is 11.3 Å². The highest BCUT2D eigenvalue weighted by Crippen LogP contribution is 2.30. The van der Waals surface area contributed by atoms with Gasteiger partial charge in [-0.1, -0.05) is 18.2 Å². The number of benzene rings is 2. The van der Waals surface area contributed by atoms with Crippen molar-refractivity contribution >= 4 is 56.7 Å². The van der Waals surface area contributed by atoms with E-state index in [1.165, 1.54) is 11.3 Å². The van der Waals surface area contributed by atoms with Crippen LogP contribution < -0.4 is 20.9 Å². The van der Waals surface area contributed by atoms with Crippen LogP contribution in [0.1, 0.15) is 40.3 Å². The maximum Gasteiger partial charge on any atom is 0.268 e. The van der Waals surface area contributed by atoms with Crippen LogP contribution in [0.15, 0.2) is 60.7 Å². The number of thiophene rings is 1. The van der Waals surface area contributed by atoms with Gasteiger partial charge in [0.15, 0.2) is 0 Å². The van der Waals surface area contributed by atoms with E-state index in [9.17, 15) is 14.4 Å². The van der Waals surface area contributed by atoms with E-state index in [2.05, 4.69) is 15.2 Å². The SMILES string of the molecule is C[C@@H]1CN(c2ccc(C(=O)Nc3nc4cc(N(C)C(=O)c5ccccc5)ccc4n3CCC(N)=O)s2)C[C@H](C)O1. The first-order valence-electron chi connectivity index (χ1n) is 13.1. The first-order valence-corrected chi connectivity index (χ1v) is 13.9. The highest BCUT2D eigenvalue weighted by atomic mass is 32.1. The van der Waals surface area contributed by atoms with Gasteiger partial charge in [0.2, 0.25) is 11.9 Å². The summed E-state index contributed by atoms with van der Waals surface area (Å²) in [6, 6.07) is 18.2. The number of fused-ring (bicyclic) bond motifs is 1. The summed E-state index contributed by atoms with van der Waals surface area (Å²) < 4.78 is 7.59. The zero-order valence-corrected chi connectivity index (χ0v) is 23.5. The zero-order valence-electron chi connectivity index (χ0n) is 22.7. The Labute approximate surface area is 236 Å². The minimum atomic E-state index is -0.458. The summed E-state index contributed by atoms with van der Waals surface area (Å²) >= 11 is 1.41. The van der Waals surface area contributed by atoms with Crippen molar-refractivity contribution in [2.75, 3.05) is 35.3 Å². The third-order valence-electron chi connectivity index (χ3n) is 6.80. The maximum atomic E-state index is 13.3. The number of aromatic nitrogens is 2. The number of hydrogen-bond acceptors (Lipinski definition) is 7. The van der Waals surface area contributed by atoms with Gasteiger partial charge in [-0.05, 0) is 56.3 Å². The van der Waals surface area contributed by atoms with Crippen LogP contribution in [-0.4, -0.2) is 59.6 Å². The van der Waals surface area contributed by atoms with Crippen molar-refractivity contribution < 1.29 is 19.1 Å². The van der Waals surface area contributed by atoms with E-state index < -0.39 is 5.91 Å². The molecule has 4 aromatic rings. The van der Waals surface area contributed by atoms with Crippen molar-refractivity contribution in [2.24, 2.45) is 5.73 Å². The molecule has 3 heterocycles. The Hall–Kier alpha value is -4.22. The zero-order chi connectivity index (χ0) is 28.4. The van der Waals surface area contributed by atoms with Crippen LogP contribution in [0.5, 0.6) is 0 Å². The predicted molar refractivity (Wildman–Crippen MR) is 157 cm³/mol. The Bertz CT molecular complexity index is 1540. The molecule has 0 unspecified atom stereocenters. The summed E-state index contributed by atoms with van der Waals surface area (Å²) in [6.07, 6.45) is 0.305. The van der Waals surface area contributed by atoms with E-state index in [-0.39, 0.29) is 37.0 Å². The molecule has 40 heavy (non-hydrogen) atoms. The van der Waals surface area contributed by atoms with Gasteiger partial charge < -0.3 is 24.8 Å². The van der Waals surface area contributed by atoms with Gasteiger partial charge in [-0.25, -0.2) is 4.98 Å². The molecule has 1 fully saturated rings. The molecule has 0 bridgehead atoms. The van der Waals surface area contributed by atoms with Crippen LogP contribution in [0.4, 0.5) is 16.6 Å². The Morgan fingerprint density at radius 1 is 1.07 bits per heavy atom. The predicted octanol–water partition coefficient (Wildman–Crippen LogP) is 4.12. The minimum absolute atomic E-state index is 0.0824. The summed E-state index contributed by atoms with van der Waals surface area (Å²) in [6.45, 7) is 5.86. The third kappa shape index (κ3) is 5.85. The molecule has 1 aliphatic heterocycles. The van der Waals surface area contributed by atoms with Crippen LogP contribution in [0.25, 0.3) is 11.0 Å². The van der Waals surface area contributed by atoms with Gasteiger partial charge in [0.05, 0.1) is 33.1 Å². The topological polar surface area (TPSA) is 123 Å². The number of nitrogens with one attached hydrogen (secondary N) is 1. The lowest BCUT2D eigenvalue weighted by Gasteiger charge is -2.35. The molecule has 3 N–H and O–H groups in total. The van der Waals surface area contributed by atoms with Crippen molar-refractivity contribution in [3.63, 3.8) is 0 Å². The molecule has 208 valence electrons. The smallest absolute Gasteiger partial charge is 0.268 e. The van der Waals surface area contributed by atoms with Crippen molar-refractivity contribution in [1.29, 1.82) is 0 Å². The average Bonchev–Trinajstić information content (AvgIpc) is 3.56. The second-order valence-corrected chi connectivity index (χ2v) is 11.0. The molecule has 5 rings (SSSR count). The van der Waals surface area contributed by atoms with Gasteiger partial charge >= 0.3 is 0 Å². The molecule has 2 atom stereocenters. The lowest BCUT2D eigenvalue weighted by Crippen LogP contribution is -2.45. The standard InChI is InChI=1S/C29H32N6O4S/c1-18-16-34(17-19(2)39-18)26-12-11-24(40-26)27(37)32-29-31-22-15-21(9-10-23(22)35(29)14-13-25(30)36)33(3)28(38)20-7-5-4-6-8-20/h4-12,15,18-19H,13-14,16-17H2,1-3H3,(H2,30,36)(H,31,32,37)/t18-,19+. The Morgan fingerprint density at radius 2 is 1.80 bits per heavy atom. The van der Waals surface area contributed by atoms with E-state index in [0.29, 0.717) is 33.1 Å². The quantitative estimate of drug-likeness (QED) is 0.334. The van der Waals surface area contributed by atoms with Crippen molar-refractivity contribution in [2.45, 2.75) is 39.0 Å². The number of carbonyl (C=O) groups is 3. The van der Waals surface area contributed by atoms with Crippen LogP contribution in [0.3, 0.4) is 0 Å². The first kappa shape index (κ1) is 27.4. The van der Waals surface area contributed by atoms with E-state index in [1.807, 2.05) is 50.2 Å². The maximum absolute atomic E-state index is 13.3. The number of carbonyl (C=O) groups excluding carboxylic acids is 3. The number of rotatable bonds is 8. The molecule has 0 aliphatic carbocycles. The molecule has 0 spiro atoms. The highest BCUT2D eigenvalue weighted by Gasteiger charge is 2.25. The summed E-state index contributed by atoms with van der Waals surface area (Å²) in [5.41, 5.74) is 7.93. The lowest BCUT2D eigenvalue weighted by atomic mass is 10.2. The fourth-order valence-electron chi connectivity index (χ4n) is 4.90. The van der Waals surface area contributed by atoms with E-state index in [4.69, 9.17) is 10.5 Å². The molecule has 0 saturated carbocycles. The van der Waals surface area contributed by atoms with E-state index in [1.54, 1.807) is 40.8 Å². The Balaban J connectivity index is 1.40. The van der Waals surface area contributed by atoms with E-state index >= 15 is 0 Å². The largest absolute Gasteiger partial charge is 0.372 e. The Morgan fingerprint density at radius 3 is 2.50 bits per heavy atom. The van der Waals surface area contributed by atoms with Crippen LogP contribution >= 0.6 is 11.3 Å². The normalized spacial score (nSPS) is 17.1. The van der Waals surface area contributed by atoms with Crippen LogP contribution in [-0.2, 0) is 16.1 Å². The van der Waals surface area contributed by atoms with Gasteiger partial charge in [0.1, 0.15) is 0 Å². The van der Waals surface area contributed by atoms with Crippen LogP contribution in [0.2, 0.25) is 0 Å². The number of nitrogens with two attached hydrogens (primary N) is 1. The van der Waals surface area contributed by atoms with Crippen molar-refractivity contribution in [3.8, 4) is 0 Å². The number of hydrogen-bond donors (Lipinski definition) is 2. The van der Waals surface area contributed by atoms with Gasteiger partial charge in [0, 0.05) is 44.4 Å². The molecule has 11 heteroatoms. The summed E-state index contributed by atoms with van der Waals surface area (Å²) in [5.74, 6) is -0.600. The second kappa shape index (κ2) is 11.5. The molecule has 0 radical (unpaired) electrons. The summed E-state index contributed by atoms with van der Waals surface area (Å²) in [7, 11) is 1.70. The molecule has 2 aromatic heterocycles. The molecule has 1 saturated heterocycles. The highest BCUT2D eigenvalue weighted by molar-refractivity contribution is 7.18. The Kier molecular flexibility index (Phi) is 7.85. The molecule has 2 aromatic carbocycles. The summed E-state index contributed by atoms with van der Waals surface area (Å²) in [4.78, 5) is 46.8. The number of anilines is 3. The number of nitrogens with zero attached hydrogens (tertiary/aromatic N) is 4. The number of morpholine rings is 1. The molecular formula is C29H32N6O4S. The van der Waals surface area contributed by atoms with Crippen molar-refractivity contribution in [3.05, 3.63) is 71.1 Å². The van der Waals surface area contributed by atoms with Gasteiger partial charge in [0.25, 0.3) is 11.8 Å². The number of aryl methyl sites for hydroxylation is 1. The fraction of sp³-hybridized carbons (Fsp3) is 0.310. The monoisotopic (exact) mass is 560 g/mol. The number of imidazole rings is 1. The fourth-order valence-corrected chi connectivity index (χ4v) is 5.82. The average molecular weight is 561 g/mol. The summed E-state index contributed by atoms with van der Waals surface area (Å²) in [5, 5.41) is 3.92. The second-order valence-electron chi connectivity index (χ2n) is 9.96. The van der Waals surface area contributed by atoms with Gasteiger partial charge in [-0.2, -0.15) is 0 Å². The van der Waals surface area contributed by atoms with Crippen LogP contribution in [0, 0.1) is 0 Å². The minimum Gasteiger partial charge on any atom is -0.372 e. The lowest BCUT2D eigenvalue weighted by molar-refractivity contribution is -0.118. The number of primary amides is 1. The van der Waals surface area contributed by atoms with E-state index in [0.717, 1.165) is 18.1 Å². The molecule has 1 aliphatic rings. The first-order chi connectivity index (χ1) is 19.2. The molecular weight excluding hydrogens is 528 g/mol. The number of ether oxygens (including phenoxy) is 1. The van der Waals surface area contributed by atoms with Crippen molar-refractivity contribution in [1.82, 2.24) is 9.55 Å². The molecule has 10 nitrogen and oxygen atoms in total. The molecule has 3 amide bonds. The number of amides is 3. The third-order valence-corrected chi connectivity index (χ3v) is 7.94.